The van der Waals surface area contributed by atoms with Crippen LogP contribution in [0.3, 0.4) is 0 Å². The molecule has 1 aromatic heterocycles. The monoisotopic (exact) mass is 240 g/mol. The molecule has 1 unspecified atom stereocenters. The number of nitrogens with one attached hydrogen (secondary N) is 2. The summed E-state index contributed by atoms with van der Waals surface area (Å²) in [5, 5.41) is 8.17. The molecule has 0 aliphatic carbocycles. The average molecular weight is 240 g/mol. The predicted molar refractivity (Wildman–Crippen MR) is 63.3 cm³/mol. The molecule has 0 bridgehead atoms. The number of methoxy groups -OCH3 is 1. The second-order valence-electron chi connectivity index (χ2n) is 3.87. The lowest BCUT2D eigenvalue weighted by molar-refractivity contribution is -0.120. The molecule has 1 aliphatic heterocycles. The molecule has 0 spiro atoms. The molecule has 1 amide bonds. The van der Waals surface area contributed by atoms with Gasteiger partial charge >= 0.3 is 0 Å². The van der Waals surface area contributed by atoms with Gasteiger partial charge in [-0.15, -0.1) is 11.3 Å². The molecule has 2 N–H and O–H groups in total. The van der Waals surface area contributed by atoms with Crippen LogP contribution in [-0.2, 0) is 22.7 Å². The largest absolute Gasteiger partial charge is 0.380 e. The van der Waals surface area contributed by atoms with Crippen molar-refractivity contribution in [3.63, 3.8) is 0 Å². The van der Waals surface area contributed by atoms with Gasteiger partial charge < -0.3 is 15.4 Å². The van der Waals surface area contributed by atoms with E-state index in [1.807, 2.05) is 0 Å². The standard InChI is InChI=1S/C11H16N2O2S/c1-15-6-8-4-9(16-7-8)5-13-10-2-3-12-11(10)14/h4,7,10,13H,2-3,5-6H2,1H3,(H,12,14). The molecule has 5 heteroatoms. The van der Waals surface area contributed by atoms with Crippen LogP contribution in [0.5, 0.6) is 0 Å². The molecule has 4 nitrogen and oxygen atoms in total. The van der Waals surface area contributed by atoms with Crippen molar-refractivity contribution in [2.45, 2.75) is 25.6 Å². The summed E-state index contributed by atoms with van der Waals surface area (Å²) in [6.45, 7) is 2.20. The van der Waals surface area contributed by atoms with Crippen LogP contribution in [-0.4, -0.2) is 25.6 Å². The van der Waals surface area contributed by atoms with E-state index in [-0.39, 0.29) is 11.9 Å². The number of amides is 1. The van der Waals surface area contributed by atoms with E-state index in [1.165, 1.54) is 10.4 Å². The van der Waals surface area contributed by atoms with E-state index in [2.05, 4.69) is 22.1 Å². The van der Waals surface area contributed by atoms with Gasteiger partial charge in [-0.05, 0) is 23.4 Å². The summed E-state index contributed by atoms with van der Waals surface area (Å²) in [5.74, 6) is 0.119. The van der Waals surface area contributed by atoms with Crippen molar-refractivity contribution in [3.8, 4) is 0 Å². The summed E-state index contributed by atoms with van der Waals surface area (Å²) < 4.78 is 5.06. The Morgan fingerprint density at radius 3 is 3.25 bits per heavy atom. The van der Waals surface area contributed by atoms with E-state index in [9.17, 15) is 4.79 Å². The first kappa shape index (κ1) is 11.6. The van der Waals surface area contributed by atoms with Crippen LogP contribution in [0.1, 0.15) is 16.9 Å². The lowest BCUT2D eigenvalue weighted by Crippen LogP contribution is -2.35. The van der Waals surface area contributed by atoms with Crippen LogP contribution in [0.15, 0.2) is 11.4 Å². The Kier molecular flexibility index (Phi) is 3.93. The summed E-state index contributed by atoms with van der Waals surface area (Å²) in [6, 6.07) is 2.10. The predicted octanol–water partition coefficient (Wildman–Crippen LogP) is 0.873. The van der Waals surface area contributed by atoms with Gasteiger partial charge in [-0.3, -0.25) is 4.79 Å². The molecule has 0 radical (unpaired) electrons. The topological polar surface area (TPSA) is 50.4 Å². The maximum atomic E-state index is 11.3. The Hall–Kier alpha value is -0.910. The van der Waals surface area contributed by atoms with E-state index < -0.39 is 0 Å². The van der Waals surface area contributed by atoms with E-state index in [1.54, 1.807) is 18.4 Å². The van der Waals surface area contributed by atoms with Crippen molar-refractivity contribution in [2.75, 3.05) is 13.7 Å². The smallest absolute Gasteiger partial charge is 0.237 e. The summed E-state index contributed by atoms with van der Waals surface area (Å²) in [6.07, 6.45) is 0.884. The van der Waals surface area contributed by atoms with Crippen molar-refractivity contribution < 1.29 is 9.53 Å². The first-order valence-corrected chi connectivity index (χ1v) is 6.24. The van der Waals surface area contributed by atoms with Crippen molar-refractivity contribution in [3.05, 3.63) is 21.9 Å². The molecular formula is C11H16N2O2S. The summed E-state index contributed by atoms with van der Waals surface area (Å²) in [5.41, 5.74) is 1.19. The fourth-order valence-corrected chi connectivity index (χ4v) is 2.60. The molecule has 1 aromatic rings. The Balaban J connectivity index is 1.82. The molecule has 16 heavy (non-hydrogen) atoms. The van der Waals surface area contributed by atoms with Crippen LogP contribution >= 0.6 is 11.3 Å². The van der Waals surface area contributed by atoms with Gasteiger partial charge in [0, 0.05) is 25.1 Å². The zero-order valence-corrected chi connectivity index (χ0v) is 10.1. The number of thiophene rings is 1. The number of hydrogen-bond donors (Lipinski definition) is 2. The highest BCUT2D eigenvalue weighted by molar-refractivity contribution is 7.10. The third-order valence-corrected chi connectivity index (χ3v) is 3.58. The molecule has 1 fully saturated rings. The second kappa shape index (κ2) is 5.43. The lowest BCUT2D eigenvalue weighted by Gasteiger charge is -2.07. The molecule has 1 saturated heterocycles. The fourth-order valence-electron chi connectivity index (χ4n) is 1.77. The minimum absolute atomic E-state index is 0.0204. The Morgan fingerprint density at radius 2 is 2.56 bits per heavy atom. The third-order valence-electron chi connectivity index (χ3n) is 2.59. The first-order valence-electron chi connectivity index (χ1n) is 5.36. The van der Waals surface area contributed by atoms with Gasteiger partial charge in [0.1, 0.15) is 0 Å². The average Bonchev–Trinajstić information content (AvgIpc) is 2.86. The van der Waals surface area contributed by atoms with Gasteiger partial charge in [0.15, 0.2) is 0 Å². The highest BCUT2D eigenvalue weighted by Gasteiger charge is 2.23. The van der Waals surface area contributed by atoms with Gasteiger partial charge in [-0.25, -0.2) is 0 Å². The van der Waals surface area contributed by atoms with Crippen LogP contribution < -0.4 is 10.6 Å². The SMILES string of the molecule is COCc1csc(CNC2CCNC2=O)c1. The number of carbonyl (C=O) groups is 1. The minimum atomic E-state index is -0.0204. The fraction of sp³-hybridized carbons (Fsp3) is 0.545. The molecule has 88 valence electrons. The summed E-state index contributed by atoms with van der Waals surface area (Å²) >= 11 is 1.70. The number of carbonyl (C=O) groups excluding carboxylic acids is 1. The van der Waals surface area contributed by atoms with Gasteiger partial charge in [0.25, 0.3) is 0 Å². The first-order chi connectivity index (χ1) is 7.79. The maximum absolute atomic E-state index is 11.3. The van der Waals surface area contributed by atoms with Crippen molar-refractivity contribution in [1.82, 2.24) is 10.6 Å². The highest BCUT2D eigenvalue weighted by Crippen LogP contribution is 2.15. The van der Waals surface area contributed by atoms with Crippen LogP contribution in [0.25, 0.3) is 0 Å². The molecule has 0 saturated carbocycles. The number of ether oxygens (including phenoxy) is 1. The van der Waals surface area contributed by atoms with Crippen LogP contribution in [0.4, 0.5) is 0 Å². The summed E-state index contributed by atoms with van der Waals surface area (Å²) in [7, 11) is 1.69. The highest BCUT2D eigenvalue weighted by atomic mass is 32.1. The van der Waals surface area contributed by atoms with Crippen LogP contribution in [0.2, 0.25) is 0 Å². The molecule has 1 atom stereocenters. The van der Waals surface area contributed by atoms with Gasteiger partial charge in [0.05, 0.1) is 12.6 Å². The Labute approximate surface area is 99.0 Å². The van der Waals surface area contributed by atoms with Crippen molar-refractivity contribution >= 4 is 17.2 Å². The third kappa shape index (κ3) is 2.81. The van der Waals surface area contributed by atoms with E-state index in [0.717, 1.165) is 19.5 Å². The zero-order valence-electron chi connectivity index (χ0n) is 9.29. The van der Waals surface area contributed by atoms with Crippen molar-refractivity contribution in [1.29, 1.82) is 0 Å². The Morgan fingerprint density at radius 1 is 1.69 bits per heavy atom. The normalized spacial score (nSPS) is 20.1. The molecule has 0 aromatic carbocycles. The van der Waals surface area contributed by atoms with E-state index >= 15 is 0 Å². The molecule has 1 aliphatic rings. The summed E-state index contributed by atoms with van der Waals surface area (Å²) in [4.78, 5) is 12.6. The van der Waals surface area contributed by atoms with Gasteiger partial charge in [0.2, 0.25) is 5.91 Å². The zero-order chi connectivity index (χ0) is 11.4. The number of rotatable bonds is 5. The Bertz CT molecular complexity index is 365. The van der Waals surface area contributed by atoms with E-state index in [4.69, 9.17) is 4.74 Å². The second-order valence-corrected chi connectivity index (χ2v) is 4.86. The molecule has 2 heterocycles. The maximum Gasteiger partial charge on any atom is 0.237 e. The van der Waals surface area contributed by atoms with Crippen molar-refractivity contribution in [2.24, 2.45) is 0 Å². The van der Waals surface area contributed by atoms with Gasteiger partial charge in [-0.2, -0.15) is 0 Å². The quantitative estimate of drug-likeness (QED) is 0.803. The number of hydrogen-bond acceptors (Lipinski definition) is 4. The molecular weight excluding hydrogens is 224 g/mol. The van der Waals surface area contributed by atoms with Crippen LogP contribution in [0, 0.1) is 0 Å². The minimum Gasteiger partial charge on any atom is -0.380 e. The van der Waals surface area contributed by atoms with Gasteiger partial charge in [-0.1, -0.05) is 0 Å². The van der Waals surface area contributed by atoms with E-state index in [0.29, 0.717) is 6.61 Å². The lowest BCUT2D eigenvalue weighted by atomic mass is 10.2. The molecule has 2 rings (SSSR count).